The van der Waals surface area contributed by atoms with Gasteiger partial charge in [-0.2, -0.15) is 0 Å². The van der Waals surface area contributed by atoms with Crippen LogP contribution in [0.2, 0.25) is 0 Å². The van der Waals surface area contributed by atoms with Crippen LogP contribution in [0.25, 0.3) is 0 Å². The van der Waals surface area contributed by atoms with Gasteiger partial charge in [0.05, 0.1) is 0 Å². The Labute approximate surface area is 159 Å². The fraction of sp³-hybridized carbons (Fsp3) is 1.00. The van der Waals surface area contributed by atoms with Gasteiger partial charge in [-0.05, 0) is 0 Å². The average molecular weight is 379 g/mol. The molecule has 0 aliphatic rings. The van der Waals surface area contributed by atoms with Crippen molar-refractivity contribution in [1.82, 2.24) is 0 Å². The van der Waals surface area contributed by atoms with Crippen LogP contribution in [-0.4, -0.2) is 25.7 Å². The van der Waals surface area contributed by atoms with Crippen LogP contribution < -0.4 is 0 Å². The van der Waals surface area contributed by atoms with Crippen molar-refractivity contribution in [2.45, 2.75) is 117 Å². The third-order valence-corrected chi connectivity index (χ3v) is 9.81. The second kappa shape index (κ2) is 14.8. The van der Waals surface area contributed by atoms with Crippen LogP contribution in [0.5, 0.6) is 0 Å². The predicted molar refractivity (Wildman–Crippen MR) is 120 cm³/mol. The number of rotatable bonds is 18. The molecule has 0 aromatic carbocycles. The zero-order chi connectivity index (χ0) is 18.2. The van der Waals surface area contributed by atoms with E-state index in [0.29, 0.717) is 0 Å². The molecule has 0 radical (unpaired) electrons. The Bertz CT molecular complexity index is 243. The summed E-state index contributed by atoms with van der Waals surface area (Å²) in [7, 11) is 0. The van der Waals surface area contributed by atoms with Gasteiger partial charge in [0.15, 0.2) is 0 Å². The Kier molecular flexibility index (Phi) is 15.3. The first-order valence-corrected chi connectivity index (χ1v) is 15.5. The molecule has 0 saturated heterocycles. The molecule has 24 heavy (non-hydrogen) atoms. The third kappa shape index (κ3) is 17.5. The van der Waals surface area contributed by atoms with Crippen LogP contribution >= 0.6 is 17.2 Å². The Morgan fingerprint density at radius 1 is 0.458 bits per heavy atom. The zero-order valence-electron chi connectivity index (χ0n) is 17.6. The quantitative estimate of drug-likeness (QED) is 0.164. The van der Waals surface area contributed by atoms with E-state index in [1.54, 1.807) is 0 Å². The molecule has 0 aromatic rings. The molecule has 0 unspecified atom stereocenters. The number of hydrogen-bond acceptors (Lipinski definition) is 0. The Balaban J connectivity index is 3.56. The molecule has 0 rings (SSSR count). The van der Waals surface area contributed by atoms with Crippen molar-refractivity contribution in [3.63, 3.8) is 0 Å². The van der Waals surface area contributed by atoms with Gasteiger partial charge >= 0.3 is 159 Å². The molecule has 0 nitrogen and oxygen atoms in total. The summed E-state index contributed by atoms with van der Waals surface area (Å²) < 4.78 is 0. The van der Waals surface area contributed by atoms with Gasteiger partial charge in [-0.15, -0.1) is 0 Å². The number of halogens is 1. The first kappa shape index (κ1) is 24.7. The molecule has 0 amide bonds. The fourth-order valence-electron chi connectivity index (χ4n) is 3.58. The van der Waals surface area contributed by atoms with Crippen LogP contribution in [0.3, 0.4) is 0 Å². The minimum atomic E-state index is -1.86. The van der Waals surface area contributed by atoms with Gasteiger partial charge < -0.3 is 0 Å². The molecule has 0 N–H and O–H groups in total. The SMILES string of the molecule is CCCCCCCCCCP(C)(C)(Cl)CCCCCCCCCC. The number of hydrogen-bond donors (Lipinski definition) is 0. The number of unbranched alkanes of at least 4 members (excludes halogenated alkanes) is 14. The maximum atomic E-state index is 7.08. The van der Waals surface area contributed by atoms with E-state index < -0.39 is 5.96 Å². The molecule has 0 aliphatic carbocycles. The van der Waals surface area contributed by atoms with Gasteiger partial charge in [-0.25, -0.2) is 0 Å². The van der Waals surface area contributed by atoms with E-state index in [1.165, 1.54) is 115 Å². The van der Waals surface area contributed by atoms with E-state index in [4.69, 9.17) is 11.2 Å². The van der Waals surface area contributed by atoms with Gasteiger partial charge in [0.25, 0.3) is 0 Å². The third-order valence-electron chi connectivity index (χ3n) is 5.40. The molecule has 0 aliphatic heterocycles. The standard InChI is InChI=1S/C22H48ClP/c1-5-7-9-11-13-15-17-19-21-24(3,4,23)22-20-18-16-14-12-10-8-6-2/h5-22H2,1-4H3. The molecule has 148 valence electrons. The zero-order valence-corrected chi connectivity index (χ0v) is 19.2. The minimum absolute atomic E-state index is 1.30. The van der Waals surface area contributed by atoms with Crippen molar-refractivity contribution in [2.24, 2.45) is 0 Å². The normalized spacial score (nSPS) is 13.8. The Hall–Kier alpha value is 0.720. The monoisotopic (exact) mass is 378 g/mol. The molecule has 0 spiro atoms. The predicted octanol–water partition coefficient (Wildman–Crippen LogP) is 9.23. The van der Waals surface area contributed by atoms with E-state index in [9.17, 15) is 0 Å². The summed E-state index contributed by atoms with van der Waals surface area (Å²) in [4.78, 5) is 0. The van der Waals surface area contributed by atoms with E-state index in [-0.39, 0.29) is 0 Å². The summed E-state index contributed by atoms with van der Waals surface area (Å²) in [6.45, 7) is 9.41. The maximum absolute atomic E-state index is 7.08. The summed E-state index contributed by atoms with van der Waals surface area (Å²) in [6, 6.07) is 0. The van der Waals surface area contributed by atoms with Gasteiger partial charge in [-0.1, -0.05) is 0 Å². The van der Waals surface area contributed by atoms with Crippen molar-refractivity contribution in [3.8, 4) is 0 Å². The fourth-order valence-corrected chi connectivity index (χ4v) is 6.92. The molecular formula is C22H48ClP. The molecule has 2 heteroatoms. The van der Waals surface area contributed by atoms with Crippen molar-refractivity contribution in [3.05, 3.63) is 0 Å². The van der Waals surface area contributed by atoms with Crippen molar-refractivity contribution >= 4 is 17.2 Å². The van der Waals surface area contributed by atoms with Crippen molar-refractivity contribution < 1.29 is 0 Å². The van der Waals surface area contributed by atoms with E-state index in [2.05, 4.69) is 27.2 Å². The van der Waals surface area contributed by atoms with Gasteiger partial charge in [0.2, 0.25) is 0 Å². The first-order valence-electron chi connectivity index (χ1n) is 11.1. The van der Waals surface area contributed by atoms with Crippen LogP contribution in [0.4, 0.5) is 0 Å². The molecule has 0 saturated carbocycles. The molecule has 0 heterocycles. The summed E-state index contributed by atoms with van der Waals surface area (Å²) >= 11 is 7.08. The van der Waals surface area contributed by atoms with Crippen molar-refractivity contribution in [2.75, 3.05) is 25.7 Å². The Morgan fingerprint density at radius 2 is 0.708 bits per heavy atom. The van der Waals surface area contributed by atoms with Crippen LogP contribution in [-0.2, 0) is 0 Å². The van der Waals surface area contributed by atoms with E-state index >= 15 is 0 Å². The summed E-state index contributed by atoms with van der Waals surface area (Å²) in [6.07, 6.45) is 25.1. The van der Waals surface area contributed by atoms with Crippen molar-refractivity contribution in [1.29, 1.82) is 0 Å². The summed E-state index contributed by atoms with van der Waals surface area (Å²) in [5.74, 6) is -1.86. The Morgan fingerprint density at radius 3 is 1.00 bits per heavy atom. The average Bonchev–Trinajstić information content (AvgIpc) is 2.52. The molecule has 0 atom stereocenters. The van der Waals surface area contributed by atoms with E-state index in [1.807, 2.05) is 0 Å². The van der Waals surface area contributed by atoms with Gasteiger partial charge in [0, 0.05) is 0 Å². The van der Waals surface area contributed by atoms with Crippen LogP contribution in [0.1, 0.15) is 117 Å². The topological polar surface area (TPSA) is 0 Å². The second-order valence-electron chi connectivity index (χ2n) is 8.91. The summed E-state index contributed by atoms with van der Waals surface area (Å²) in [5.41, 5.74) is 0. The van der Waals surface area contributed by atoms with E-state index in [0.717, 1.165) is 0 Å². The first-order chi connectivity index (χ1) is 11.4. The van der Waals surface area contributed by atoms with Crippen LogP contribution in [0.15, 0.2) is 0 Å². The summed E-state index contributed by atoms with van der Waals surface area (Å²) in [5, 5.41) is 0. The van der Waals surface area contributed by atoms with Crippen LogP contribution in [0, 0.1) is 0 Å². The molecule has 0 aromatic heterocycles. The molecular weight excluding hydrogens is 331 g/mol. The second-order valence-corrected chi connectivity index (χ2v) is 18.3. The molecule has 0 fully saturated rings. The van der Waals surface area contributed by atoms with Gasteiger partial charge in [-0.3, -0.25) is 0 Å². The molecule has 0 bridgehead atoms. The van der Waals surface area contributed by atoms with Gasteiger partial charge in [0.1, 0.15) is 0 Å².